The fourth-order valence-electron chi connectivity index (χ4n) is 4.43. The number of aliphatic hydroxyl groups is 1. The second-order valence-electron chi connectivity index (χ2n) is 8.40. The highest BCUT2D eigenvalue weighted by Gasteiger charge is 2.37. The van der Waals surface area contributed by atoms with Crippen LogP contribution in [0.3, 0.4) is 0 Å². The predicted octanol–water partition coefficient (Wildman–Crippen LogP) is 3.74. The third kappa shape index (κ3) is 4.67. The number of benzene rings is 2. The van der Waals surface area contributed by atoms with E-state index in [1.165, 1.54) is 4.31 Å². The summed E-state index contributed by atoms with van der Waals surface area (Å²) in [4.78, 5) is 0. The first kappa shape index (κ1) is 22.3. The van der Waals surface area contributed by atoms with E-state index in [2.05, 4.69) is 0 Å². The van der Waals surface area contributed by atoms with Gasteiger partial charge in [-0.2, -0.15) is 4.31 Å². The van der Waals surface area contributed by atoms with Crippen molar-refractivity contribution in [1.82, 2.24) is 4.31 Å². The first-order valence-corrected chi connectivity index (χ1v) is 12.1. The molecule has 5 nitrogen and oxygen atoms in total. The van der Waals surface area contributed by atoms with Crippen molar-refractivity contribution < 1.29 is 27.0 Å². The van der Waals surface area contributed by atoms with Gasteiger partial charge >= 0.3 is 0 Å². The molecule has 2 fully saturated rings. The van der Waals surface area contributed by atoms with Gasteiger partial charge in [0.2, 0.25) is 10.0 Å². The number of halogens is 2. The third-order valence-electron chi connectivity index (χ3n) is 6.26. The maximum absolute atomic E-state index is 14.9. The minimum Gasteiger partial charge on any atom is -0.396 e. The molecule has 1 N–H and O–H groups in total. The molecule has 31 heavy (non-hydrogen) atoms. The van der Waals surface area contributed by atoms with Crippen LogP contribution in [0.2, 0.25) is 0 Å². The number of hydrogen-bond acceptors (Lipinski definition) is 4. The SMILES string of the molecule is O=S1(=O)[C@@H](c2ccccc2)CCCN1Cc1cc(F)c(C(CO)CC2COC2)cc1F. The van der Waals surface area contributed by atoms with Crippen molar-refractivity contribution in [2.75, 3.05) is 26.4 Å². The Balaban J connectivity index is 1.55. The molecule has 0 spiro atoms. The van der Waals surface area contributed by atoms with Gasteiger partial charge in [0.25, 0.3) is 0 Å². The fraction of sp³-hybridized carbons (Fsp3) is 0.478. The molecule has 0 aromatic heterocycles. The minimum absolute atomic E-state index is 0.00204. The average Bonchev–Trinajstić information content (AvgIpc) is 2.72. The molecule has 4 rings (SSSR count). The Morgan fingerprint density at radius 2 is 1.87 bits per heavy atom. The van der Waals surface area contributed by atoms with Crippen molar-refractivity contribution in [3.05, 3.63) is 70.8 Å². The Hall–Kier alpha value is -1.87. The van der Waals surface area contributed by atoms with E-state index in [4.69, 9.17) is 4.74 Å². The summed E-state index contributed by atoms with van der Waals surface area (Å²) in [5.41, 5.74) is 0.835. The minimum atomic E-state index is -3.70. The van der Waals surface area contributed by atoms with E-state index in [1.807, 2.05) is 6.07 Å². The molecule has 2 aliphatic heterocycles. The molecule has 0 aliphatic carbocycles. The van der Waals surface area contributed by atoms with Crippen LogP contribution in [0.4, 0.5) is 8.78 Å². The van der Waals surface area contributed by atoms with Crippen LogP contribution in [0.1, 0.15) is 47.1 Å². The first-order chi connectivity index (χ1) is 14.9. The Labute approximate surface area is 181 Å². The molecule has 2 aromatic rings. The molecule has 0 amide bonds. The summed E-state index contributed by atoms with van der Waals surface area (Å²) in [5, 5.41) is 9.00. The number of aliphatic hydroxyl groups excluding tert-OH is 1. The van der Waals surface area contributed by atoms with Crippen LogP contribution < -0.4 is 0 Å². The molecule has 0 saturated carbocycles. The zero-order valence-corrected chi connectivity index (χ0v) is 18.0. The molecule has 1 unspecified atom stereocenters. The van der Waals surface area contributed by atoms with E-state index in [9.17, 15) is 22.3 Å². The number of nitrogens with zero attached hydrogens (tertiary/aromatic N) is 1. The van der Waals surface area contributed by atoms with Crippen molar-refractivity contribution in [1.29, 1.82) is 0 Å². The maximum Gasteiger partial charge on any atom is 0.221 e. The largest absolute Gasteiger partial charge is 0.396 e. The molecule has 2 saturated heterocycles. The highest BCUT2D eigenvalue weighted by Crippen LogP contribution is 2.36. The summed E-state index contributed by atoms with van der Waals surface area (Å²) in [7, 11) is -3.70. The van der Waals surface area contributed by atoms with Crippen LogP contribution in [0.25, 0.3) is 0 Å². The Morgan fingerprint density at radius 3 is 2.52 bits per heavy atom. The molecule has 0 radical (unpaired) electrons. The summed E-state index contributed by atoms with van der Waals surface area (Å²) in [6.07, 6.45) is 1.67. The second kappa shape index (κ2) is 9.32. The van der Waals surface area contributed by atoms with E-state index >= 15 is 0 Å². The van der Waals surface area contributed by atoms with Crippen molar-refractivity contribution >= 4 is 10.0 Å². The van der Waals surface area contributed by atoms with Crippen molar-refractivity contribution in [3.8, 4) is 0 Å². The topological polar surface area (TPSA) is 66.8 Å². The van der Waals surface area contributed by atoms with Gasteiger partial charge in [-0.3, -0.25) is 0 Å². The van der Waals surface area contributed by atoms with Crippen molar-refractivity contribution in [3.63, 3.8) is 0 Å². The van der Waals surface area contributed by atoms with E-state index in [0.717, 1.165) is 12.1 Å². The molecule has 2 aromatic carbocycles. The monoisotopic (exact) mass is 451 g/mol. The van der Waals surface area contributed by atoms with E-state index in [0.29, 0.717) is 38.0 Å². The van der Waals surface area contributed by atoms with Gasteiger partial charge in [0.15, 0.2) is 0 Å². The molecular weight excluding hydrogens is 424 g/mol. The predicted molar refractivity (Wildman–Crippen MR) is 113 cm³/mol. The van der Waals surface area contributed by atoms with Gasteiger partial charge in [0, 0.05) is 30.5 Å². The van der Waals surface area contributed by atoms with Crippen LogP contribution >= 0.6 is 0 Å². The fourth-order valence-corrected chi connectivity index (χ4v) is 6.46. The summed E-state index contributed by atoms with van der Waals surface area (Å²) < 4.78 is 62.4. The van der Waals surface area contributed by atoms with Gasteiger partial charge in [-0.25, -0.2) is 17.2 Å². The number of sulfonamides is 1. The maximum atomic E-state index is 14.9. The highest BCUT2D eigenvalue weighted by atomic mass is 32.2. The molecule has 8 heteroatoms. The average molecular weight is 452 g/mol. The summed E-state index contributed by atoms with van der Waals surface area (Å²) >= 11 is 0. The summed E-state index contributed by atoms with van der Waals surface area (Å²) in [6.45, 7) is 0.901. The normalized spacial score (nSPS) is 22.7. The van der Waals surface area contributed by atoms with Crippen molar-refractivity contribution in [2.24, 2.45) is 5.92 Å². The second-order valence-corrected chi connectivity index (χ2v) is 10.5. The smallest absolute Gasteiger partial charge is 0.221 e. The van der Waals surface area contributed by atoms with Crippen LogP contribution in [0.5, 0.6) is 0 Å². The lowest BCUT2D eigenvalue weighted by Crippen LogP contribution is -2.39. The molecule has 0 bridgehead atoms. The number of rotatable bonds is 7. The zero-order valence-electron chi connectivity index (χ0n) is 17.2. The third-order valence-corrected chi connectivity index (χ3v) is 8.52. The quantitative estimate of drug-likeness (QED) is 0.697. The Morgan fingerprint density at radius 1 is 1.13 bits per heavy atom. The lowest BCUT2D eigenvalue weighted by atomic mass is 9.87. The summed E-state index contributed by atoms with van der Waals surface area (Å²) in [6, 6.07) is 11.2. The van der Waals surface area contributed by atoms with Gasteiger partial charge in [0.05, 0.1) is 19.8 Å². The van der Waals surface area contributed by atoms with E-state index in [-0.39, 0.29) is 36.7 Å². The van der Waals surface area contributed by atoms with Crippen LogP contribution in [-0.4, -0.2) is 44.2 Å². The lowest BCUT2D eigenvalue weighted by molar-refractivity contribution is -0.0406. The molecule has 2 aliphatic rings. The number of ether oxygens (including phenoxy) is 1. The van der Waals surface area contributed by atoms with E-state index in [1.54, 1.807) is 24.3 Å². The molecule has 2 atom stereocenters. The molecular formula is C23H27F2NO4S. The number of hydrogen-bond donors (Lipinski definition) is 1. The molecule has 2 heterocycles. The summed E-state index contributed by atoms with van der Waals surface area (Å²) in [5.74, 6) is -1.56. The van der Waals surface area contributed by atoms with Gasteiger partial charge in [-0.15, -0.1) is 0 Å². The van der Waals surface area contributed by atoms with Crippen molar-refractivity contribution in [2.45, 2.75) is 37.0 Å². The molecule has 168 valence electrons. The Kier molecular flexibility index (Phi) is 6.71. The standard InChI is InChI=1S/C23H27F2NO4S/c24-21-11-20(19(13-27)9-16-14-30-15-16)22(25)10-18(21)12-26-8-4-7-23(31(26,28)29)17-5-2-1-3-6-17/h1-3,5-6,10-11,16,19,23,27H,4,7-9,12-15H2/t19?,23-/m1/s1. The highest BCUT2D eigenvalue weighted by molar-refractivity contribution is 7.89. The first-order valence-electron chi connectivity index (χ1n) is 10.6. The van der Waals surface area contributed by atoms with Crippen LogP contribution in [-0.2, 0) is 21.3 Å². The Bertz CT molecular complexity index is 1010. The van der Waals surface area contributed by atoms with Gasteiger partial charge in [-0.05, 0) is 42.5 Å². The zero-order chi connectivity index (χ0) is 22.0. The lowest BCUT2D eigenvalue weighted by Gasteiger charge is -2.33. The van der Waals surface area contributed by atoms with Gasteiger partial charge in [0.1, 0.15) is 16.9 Å². The van der Waals surface area contributed by atoms with Crippen LogP contribution in [0, 0.1) is 17.6 Å². The van der Waals surface area contributed by atoms with Gasteiger partial charge in [-0.1, -0.05) is 30.3 Å². The van der Waals surface area contributed by atoms with E-state index < -0.39 is 32.8 Å². The van der Waals surface area contributed by atoms with Gasteiger partial charge < -0.3 is 9.84 Å². The van der Waals surface area contributed by atoms with Crippen LogP contribution in [0.15, 0.2) is 42.5 Å².